The van der Waals surface area contributed by atoms with Crippen LogP contribution in [0.15, 0.2) is 54.6 Å². The van der Waals surface area contributed by atoms with Crippen LogP contribution in [0.2, 0.25) is 5.02 Å². The molecule has 162 valence electrons. The second-order valence-corrected chi connectivity index (χ2v) is 7.20. The number of carbonyl (C=O) groups is 2. The van der Waals surface area contributed by atoms with Crippen LogP contribution in [-0.2, 0) is 20.9 Å². The molecule has 0 aliphatic heterocycles. The number of ether oxygens (including phenoxy) is 2. The fourth-order valence-corrected chi connectivity index (χ4v) is 2.92. The van der Waals surface area contributed by atoms with Gasteiger partial charge in [-0.05, 0) is 50.1 Å². The van der Waals surface area contributed by atoms with Gasteiger partial charge >= 0.3 is 0 Å². The minimum Gasteiger partial charge on any atom is -0.484 e. The van der Waals surface area contributed by atoms with E-state index >= 15 is 0 Å². The molecule has 6 nitrogen and oxygen atoms in total. The first-order valence-corrected chi connectivity index (χ1v) is 10.5. The summed E-state index contributed by atoms with van der Waals surface area (Å²) in [5.41, 5.74) is 0.878. The highest BCUT2D eigenvalue weighted by Gasteiger charge is 2.26. The van der Waals surface area contributed by atoms with E-state index in [2.05, 4.69) is 5.32 Å². The zero-order valence-electron chi connectivity index (χ0n) is 17.5. The molecule has 0 unspecified atom stereocenters. The molecule has 2 aromatic rings. The molecule has 7 heteroatoms. The van der Waals surface area contributed by atoms with Crippen molar-refractivity contribution in [3.8, 4) is 5.75 Å². The zero-order valence-corrected chi connectivity index (χ0v) is 18.2. The van der Waals surface area contributed by atoms with E-state index < -0.39 is 6.04 Å². The van der Waals surface area contributed by atoms with Crippen molar-refractivity contribution in [3.63, 3.8) is 0 Å². The van der Waals surface area contributed by atoms with Crippen molar-refractivity contribution < 1.29 is 19.1 Å². The second-order valence-electron chi connectivity index (χ2n) is 6.77. The van der Waals surface area contributed by atoms with Crippen LogP contribution >= 0.6 is 11.6 Å². The first kappa shape index (κ1) is 23.7. The van der Waals surface area contributed by atoms with E-state index in [-0.39, 0.29) is 25.0 Å². The Labute approximate surface area is 183 Å². The van der Waals surface area contributed by atoms with Crippen LogP contribution in [0.4, 0.5) is 0 Å². The summed E-state index contributed by atoms with van der Waals surface area (Å²) in [5.74, 6) is 0.115. The molecule has 0 saturated heterocycles. The number of carbonyl (C=O) groups excluding carboxylic acids is 2. The number of amides is 2. The highest BCUT2D eigenvalue weighted by Crippen LogP contribution is 2.15. The lowest BCUT2D eigenvalue weighted by atomic mass is 10.1. The van der Waals surface area contributed by atoms with Gasteiger partial charge in [0.25, 0.3) is 5.91 Å². The Balaban J connectivity index is 2.02. The van der Waals surface area contributed by atoms with Gasteiger partial charge in [0.2, 0.25) is 5.91 Å². The zero-order chi connectivity index (χ0) is 21.8. The van der Waals surface area contributed by atoms with Gasteiger partial charge in [-0.25, -0.2) is 0 Å². The van der Waals surface area contributed by atoms with Crippen molar-refractivity contribution in [2.24, 2.45) is 0 Å². The summed E-state index contributed by atoms with van der Waals surface area (Å²) < 4.78 is 10.9. The highest BCUT2D eigenvalue weighted by molar-refractivity contribution is 6.30. The molecule has 0 heterocycles. The number of rotatable bonds is 12. The molecule has 2 rings (SSSR count). The van der Waals surface area contributed by atoms with E-state index in [0.717, 1.165) is 5.56 Å². The van der Waals surface area contributed by atoms with Gasteiger partial charge in [-0.3, -0.25) is 9.59 Å². The minimum atomic E-state index is -0.653. The number of halogens is 1. The Kier molecular flexibility index (Phi) is 10.2. The third-order valence-corrected chi connectivity index (χ3v) is 4.76. The quantitative estimate of drug-likeness (QED) is 0.519. The largest absolute Gasteiger partial charge is 0.484 e. The second kappa shape index (κ2) is 12.9. The molecule has 2 aromatic carbocycles. The number of nitrogens with one attached hydrogen (secondary N) is 1. The lowest BCUT2D eigenvalue weighted by Gasteiger charge is -2.28. The average Bonchev–Trinajstić information content (AvgIpc) is 2.77. The van der Waals surface area contributed by atoms with E-state index in [1.165, 1.54) is 4.90 Å². The Hall–Kier alpha value is -2.57. The van der Waals surface area contributed by atoms with Gasteiger partial charge in [0, 0.05) is 31.3 Å². The van der Waals surface area contributed by atoms with Crippen molar-refractivity contribution in [1.29, 1.82) is 0 Å². The van der Waals surface area contributed by atoms with Crippen molar-refractivity contribution >= 4 is 23.4 Å². The van der Waals surface area contributed by atoms with Gasteiger partial charge in [0.05, 0.1) is 0 Å². The SMILES string of the molecule is CCOCCCNC(=O)[C@@H](C)N(Cc1ccc(Cl)cc1)C(=O)COc1ccccc1. The maximum atomic E-state index is 12.9. The smallest absolute Gasteiger partial charge is 0.261 e. The summed E-state index contributed by atoms with van der Waals surface area (Å²) in [6.07, 6.45) is 0.717. The maximum Gasteiger partial charge on any atom is 0.261 e. The third kappa shape index (κ3) is 8.05. The van der Waals surface area contributed by atoms with Gasteiger partial charge in [-0.15, -0.1) is 0 Å². The van der Waals surface area contributed by atoms with E-state index in [9.17, 15) is 9.59 Å². The van der Waals surface area contributed by atoms with E-state index in [4.69, 9.17) is 21.1 Å². The molecule has 0 aromatic heterocycles. The van der Waals surface area contributed by atoms with Crippen molar-refractivity contribution in [2.45, 2.75) is 32.9 Å². The fraction of sp³-hybridized carbons (Fsp3) is 0.391. The Bertz CT molecular complexity index is 784. The molecule has 0 spiro atoms. The predicted octanol–water partition coefficient (Wildman–Crippen LogP) is 3.68. The minimum absolute atomic E-state index is 0.153. The highest BCUT2D eigenvalue weighted by atomic mass is 35.5. The molecule has 0 radical (unpaired) electrons. The summed E-state index contributed by atoms with van der Waals surface area (Å²) in [6, 6.07) is 15.7. The van der Waals surface area contributed by atoms with Crippen LogP contribution in [0.25, 0.3) is 0 Å². The van der Waals surface area contributed by atoms with Crippen molar-refractivity contribution in [2.75, 3.05) is 26.4 Å². The van der Waals surface area contributed by atoms with Crippen LogP contribution in [0.1, 0.15) is 25.8 Å². The molecule has 1 atom stereocenters. The summed E-state index contributed by atoms with van der Waals surface area (Å²) >= 11 is 5.96. The van der Waals surface area contributed by atoms with Crippen LogP contribution in [0.5, 0.6) is 5.75 Å². The van der Waals surface area contributed by atoms with E-state index in [0.29, 0.717) is 37.0 Å². The van der Waals surface area contributed by atoms with Crippen LogP contribution in [0, 0.1) is 0 Å². The summed E-state index contributed by atoms with van der Waals surface area (Å²) in [7, 11) is 0. The maximum absolute atomic E-state index is 12.9. The number of benzene rings is 2. The Morgan fingerprint density at radius 3 is 2.47 bits per heavy atom. The van der Waals surface area contributed by atoms with Crippen LogP contribution in [0.3, 0.4) is 0 Å². The molecule has 30 heavy (non-hydrogen) atoms. The number of hydrogen-bond donors (Lipinski definition) is 1. The van der Waals surface area contributed by atoms with Gasteiger partial charge in [0.15, 0.2) is 6.61 Å². The van der Waals surface area contributed by atoms with E-state index in [1.54, 1.807) is 31.2 Å². The third-order valence-electron chi connectivity index (χ3n) is 4.51. The monoisotopic (exact) mass is 432 g/mol. The molecule has 0 saturated carbocycles. The lowest BCUT2D eigenvalue weighted by Crippen LogP contribution is -2.49. The van der Waals surface area contributed by atoms with Crippen molar-refractivity contribution in [1.82, 2.24) is 10.2 Å². The summed E-state index contributed by atoms with van der Waals surface area (Å²) in [5, 5.41) is 3.49. The van der Waals surface area contributed by atoms with E-state index in [1.807, 2.05) is 37.3 Å². The predicted molar refractivity (Wildman–Crippen MR) is 118 cm³/mol. The molecule has 2 amide bonds. The average molecular weight is 433 g/mol. The number of nitrogens with zero attached hydrogens (tertiary/aromatic N) is 1. The van der Waals surface area contributed by atoms with Gasteiger partial charge in [0.1, 0.15) is 11.8 Å². The normalized spacial score (nSPS) is 11.6. The van der Waals surface area contributed by atoms with Crippen LogP contribution < -0.4 is 10.1 Å². The molecule has 1 N–H and O–H groups in total. The fourth-order valence-electron chi connectivity index (χ4n) is 2.79. The Morgan fingerprint density at radius 2 is 1.80 bits per heavy atom. The lowest BCUT2D eigenvalue weighted by molar-refractivity contribution is -0.142. The van der Waals surface area contributed by atoms with Crippen molar-refractivity contribution in [3.05, 3.63) is 65.2 Å². The molecular formula is C23H29ClN2O4. The standard InChI is InChI=1S/C23H29ClN2O4/c1-3-29-15-7-14-25-23(28)18(2)26(16-19-10-12-20(24)13-11-19)22(27)17-30-21-8-5-4-6-9-21/h4-6,8-13,18H,3,7,14-17H2,1-2H3,(H,25,28)/t18-/m1/s1. The number of para-hydroxylation sites is 1. The molecular weight excluding hydrogens is 404 g/mol. The molecule has 0 aliphatic carbocycles. The van der Waals surface area contributed by atoms with Gasteiger partial charge in [-0.2, -0.15) is 0 Å². The first-order valence-electron chi connectivity index (χ1n) is 10.1. The molecule has 0 fully saturated rings. The topological polar surface area (TPSA) is 67.9 Å². The van der Waals surface area contributed by atoms with Crippen LogP contribution in [-0.4, -0.2) is 49.1 Å². The number of hydrogen-bond acceptors (Lipinski definition) is 4. The Morgan fingerprint density at radius 1 is 1.10 bits per heavy atom. The molecule has 0 aliphatic rings. The summed E-state index contributed by atoms with van der Waals surface area (Å²) in [6.45, 7) is 5.50. The first-order chi connectivity index (χ1) is 14.5. The van der Waals surface area contributed by atoms with Gasteiger partial charge in [-0.1, -0.05) is 41.9 Å². The molecule has 0 bridgehead atoms. The van der Waals surface area contributed by atoms with Gasteiger partial charge < -0.3 is 19.7 Å². The summed E-state index contributed by atoms with van der Waals surface area (Å²) in [4.78, 5) is 27.1.